The summed E-state index contributed by atoms with van der Waals surface area (Å²) in [4.78, 5) is 16.2. The fourth-order valence-electron chi connectivity index (χ4n) is 3.15. The number of hydrogen-bond donors (Lipinski definition) is 1. The maximum Gasteiger partial charge on any atom is 0.217 e. The highest BCUT2D eigenvalue weighted by molar-refractivity contribution is 5.77. The molecule has 25 heavy (non-hydrogen) atoms. The maximum atomic E-state index is 11.5. The minimum absolute atomic E-state index is 0.0487. The molecule has 0 aliphatic carbocycles. The number of carbonyl (C=O) groups is 1. The Morgan fingerprint density at radius 1 is 1.08 bits per heavy atom. The molecule has 3 rings (SSSR count). The number of para-hydroxylation sites is 2. The highest BCUT2D eigenvalue weighted by atomic mass is 16.1. The molecule has 1 atom stereocenters. The van der Waals surface area contributed by atoms with Crippen molar-refractivity contribution in [2.45, 2.75) is 46.2 Å². The molecule has 1 unspecified atom stereocenters. The molecular weight excluding hydrogens is 310 g/mol. The third kappa shape index (κ3) is 3.73. The third-order valence-electron chi connectivity index (χ3n) is 4.48. The van der Waals surface area contributed by atoms with Crippen LogP contribution in [0.15, 0.2) is 48.5 Å². The van der Waals surface area contributed by atoms with Crippen LogP contribution in [-0.2, 0) is 11.3 Å². The smallest absolute Gasteiger partial charge is 0.217 e. The van der Waals surface area contributed by atoms with Crippen LogP contribution in [-0.4, -0.2) is 15.5 Å². The van der Waals surface area contributed by atoms with E-state index in [0.29, 0.717) is 5.92 Å². The molecule has 0 aliphatic heterocycles. The zero-order valence-electron chi connectivity index (χ0n) is 15.3. The van der Waals surface area contributed by atoms with Gasteiger partial charge in [-0.3, -0.25) is 4.79 Å². The van der Waals surface area contributed by atoms with Crippen molar-refractivity contribution >= 4 is 16.9 Å². The lowest BCUT2D eigenvalue weighted by atomic mass is 10.0. The highest BCUT2D eigenvalue weighted by Gasteiger charge is 2.17. The van der Waals surface area contributed by atoms with Crippen LogP contribution in [0.25, 0.3) is 11.0 Å². The van der Waals surface area contributed by atoms with E-state index in [1.54, 1.807) is 0 Å². The van der Waals surface area contributed by atoms with Crippen molar-refractivity contribution in [1.82, 2.24) is 14.9 Å². The van der Waals surface area contributed by atoms with Gasteiger partial charge in [-0.1, -0.05) is 50.2 Å². The van der Waals surface area contributed by atoms with Crippen LogP contribution in [0, 0.1) is 0 Å². The summed E-state index contributed by atoms with van der Waals surface area (Å²) in [5.41, 5.74) is 4.60. The second-order valence-electron chi connectivity index (χ2n) is 6.86. The van der Waals surface area contributed by atoms with Gasteiger partial charge in [0.15, 0.2) is 0 Å². The van der Waals surface area contributed by atoms with E-state index >= 15 is 0 Å². The number of hydrogen-bond acceptors (Lipinski definition) is 2. The first-order valence-electron chi connectivity index (χ1n) is 8.77. The summed E-state index contributed by atoms with van der Waals surface area (Å²) >= 11 is 0. The number of nitrogens with zero attached hydrogens (tertiary/aromatic N) is 2. The largest absolute Gasteiger partial charge is 0.347 e. The number of fused-ring (bicyclic) bond motifs is 1. The molecule has 0 saturated carbocycles. The summed E-state index contributed by atoms with van der Waals surface area (Å²) in [6.07, 6.45) is 0. The predicted octanol–water partition coefficient (Wildman–Crippen LogP) is 4.41. The van der Waals surface area contributed by atoms with E-state index in [9.17, 15) is 4.79 Å². The van der Waals surface area contributed by atoms with Crippen LogP contribution >= 0.6 is 0 Å². The van der Waals surface area contributed by atoms with Crippen LogP contribution in [0.5, 0.6) is 0 Å². The highest BCUT2D eigenvalue weighted by Crippen LogP contribution is 2.23. The summed E-state index contributed by atoms with van der Waals surface area (Å²) < 4.78 is 2.19. The monoisotopic (exact) mass is 335 g/mol. The number of amides is 1. The van der Waals surface area contributed by atoms with Gasteiger partial charge in [0.05, 0.1) is 17.1 Å². The molecule has 1 heterocycles. The molecule has 2 aromatic carbocycles. The van der Waals surface area contributed by atoms with E-state index in [2.05, 4.69) is 54.1 Å². The Morgan fingerprint density at radius 2 is 1.76 bits per heavy atom. The Hall–Kier alpha value is -2.62. The summed E-state index contributed by atoms with van der Waals surface area (Å²) in [6, 6.07) is 16.7. The minimum Gasteiger partial charge on any atom is -0.347 e. The van der Waals surface area contributed by atoms with E-state index in [0.717, 1.165) is 23.4 Å². The molecule has 0 spiro atoms. The molecule has 4 heteroatoms. The zero-order chi connectivity index (χ0) is 18.0. The van der Waals surface area contributed by atoms with E-state index in [1.165, 1.54) is 18.1 Å². The SMILES string of the molecule is CC(=O)NC(C)c1nc2ccccc2n1Cc1ccc(C(C)C)cc1. The number of carbonyl (C=O) groups excluding carboxylic acids is 1. The first-order valence-corrected chi connectivity index (χ1v) is 8.77. The lowest BCUT2D eigenvalue weighted by Crippen LogP contribution is -2.26. The minimum atomic E-state index is -0.139. The van der Waals surface area contributed by atoms with Crippen LogP contribution in [0.2, 0.25) is 0 Å². The van der Waals surface area contributed by atoms with Crippen LogP contribution in [0.1, 0.15) is 56.6 Å². The van der Waals surface area contributed by atoms with Crippen LogP contribution in [0.3, 0.4) is 0 Å². The van der Waals surface area contributed by atoms with Crippen molar-refractivity contribution in [2.24, 2.45) is 0 Å². The van der Waals surface area contributed by atoms with Gasteiger partial charge in [0.2, 0.25) is 5.91 Å². The Kier molecular flexibility index (Phi) is 4.88. The average Bonchev–Trinajstić information content (AvgIpc) is 2.94. The molecule has 130 valence electrons. The Labute approximate surface area is 148 Å². The average molecular weight is 335 g/mol. The van der Waals surface area contributed by atoms with Crippen LogP contribution in [0.4, 0.5) is 0 Å². The lowest BCUT2D eigenvalue weighted by Gasteiger charge is -2.16. The second-order valence-corrected chi connectivity index (χ2v) is 6.86. The molecule has 0 radical (unpaired) electrons. The standard InChI is InChI=1S/C21H25N3O/c1-14(2)18-11-9-17(10-12-18)13-24-20-8-6-5-7-19(20)23-21(24)15(3)22-16(4)25/h5-12,14-15H,13H2,1-4H3,(H,22,25). The van der Waals surface area contributed by atoms with Gasteiger partial charge in [0, 0.05) is 13.5 Å². The number of imidazole rings is 1. The second kappa shape index (κ2) is 7.09. The van der Waals surface area contributed by atoms with Gasteiger partial charge in [-0.2, -0.15) is 0 Å². The molecule has 3 aromatic rings. The van der Waals surface area contributed by atoms with E-state index in [1.807, 2.05) is 25.1 Å². The number of rotatable bonds is 5. The molecular formula is C21H25N3O. The third-order valence-corrected chi connectivity index (χ3v) is 4.48. The molecule has 0 saturated heterocycles. The van der Waals surface area contributed by atoms with Crippen molar-refractivity contribution in [3.05, 3.63) is 65.5 Å². The van der Waals surface area contributed by atoms with Crippen molar-refractivity contribution < 1.29 is 4.79 Å². The summed E-state index contributed by atoms with van der Waals surface area (Å²) in [6.45, 7) is 8.64. The normalized spacial score (nSPS) is 12.5. The summed E-state index contributed by atoms with van der Waals surface area (Å²) in [5, 5.41) is 2.95. The molecule has 1 amide bonds. The molecule has 0 aliphatic rings. The maximum absolute atomic E-state index is 11.5. The molecule has 0 bridgehead atoms. The van der Waals surface area contributed by atoms with E-state index in [4.69, 9.17) is 4.98 Å². The van der Waals surface area contributed by atoms with Gasteiger partial charge in [-0.05, 0) is 36.1 Å². The Balaban J connectivity index is 1.99. The summed E-state index contributed by atoms with van der Waals surface area (Å²) in [5.74, 6) is 1.36. The molecule has 0 fully saturated rings. The van der Waals surface area contributed by atoms with Gasteiger partial charge in [0.25, 0.3) is 0 Å². The fourth-order valence-corrected chi connectivity index (χ4v) is 3.15. The molecule has 1 N–H and O–H groups in total. The summed E-state index contributed by atoms with van der Waals surface area (Å²) in [7, 11) is 0. The first-order chi connectivity index (χ1) is 12.0. The van der Waals surface area contributed by atoms with Crippen molar-refractivity contribution in [3.8, 4) is 0 Å². The first kappa shape index (κ1) is 17.2. The quantitative estimate of drug-likeness (QED) is 0.751. The molecule has 4 nitrogen and oxygen atoms in total. The van der Waals surface area contributed by atoms with Gasteiger partial charge in [0.1, 0.15) is 5.82 Å². The topological polar surface area (TPSA) is 46.9 Å². The van der Waals surface area contributed by atoms with Crippen molar-refractivity contribution in [3.63, 3.8) is 0 Å². The predicted molar refractivity (Wildman–Crippen MR) is 102 cm³/mol. The van der Waals surface area contributed by atoms with Crippen molar-refractivity contribution in [1.29, 1.82) is 0 Å². The van der Waals surface area contributed by atoms with Crippen molar-refractivity contribution in [2.75, 3.05) is 0 Å². The van der Waals surface area contributed by atoms with Gasteiger partial charge >= 0.3 is 0 Å². The van der Waals surface area contributed by atoms with E-state index in [-0.39, 0.29) is 11.9 Å². The van der Waals surface area contributed by atoms with Gasteiger partial charge in [-0.25, -0.2) is 4.98 Å². The lowest BCUT2D eigenvalue weighted by molar-refractivity contribution is -0.119. The number of nitrogens with one attached hydrogen (secondary N) is 1. The fraction of sp³-hybridized carbons (Fsp3) is 0.333. The Bertz CT molecular complexity index is 878. The van der Waals surface area contributed by atoms with Gasteiger partial charge < -0.3 is 9.88 Å². The molecule has 1 aromatic heterocycles. The Morgan fingerprint density at radius 3 is 2.40 bits per heavy atom. The van der Waals surface area contributed by atoms with Gasteiger partial charge in [-0.15, -0.1) is 0 Å². The number of aromatic nitrogens is 2. The zero-order valence-corrected chi connectivity index (χ0v) is 15.3. The van der Waals surface area contributed by atoms with Crippen LogP contribution < -0.4 is 5.32 Å². The number of benzene rings is 2. The van der Waals surface area contributed by atoms with E-state index < -0.39 is 0 Å².